The highest BCUT2D eigenvalue weighted by molar-refractivity contribution is 6.00. The molecule has 1 N–H and O–H groups in total. The molecule has 1 aliphatic carbocycles. The third kappa shape index (κ3) is 3.54. The summed E-state index contributed by atoms with van der Waals surface area (Å²) in [6, 6.07) is 10.1. The molecule has 1 saturated heterocycles. The number of aromatic nitrogens is 2. The smallest absolute Gasteiger partial charge is 0.334 e. The minimum Gasteiger partial charge on any atom is -0.479 e. The quantitative estimate of drug-likeness (QED) is 0.877. The van der Waals surface area contributed by atoms with Crippen molar-refractivity contribution in [1.29, 1.82) is 0 Å². The van der Waals surface area contributed by atoms with Gasteiger partial charge in [-0.1, -0.05) is 43.2 Å². The number of carbonyl (C=O) groups is 2. The maximum Gasteiger partial charge on any atom is 0.334 e. The number of amides is 1. The molecular weight excluding hydrogens is 358 g/mol. The van der Waals surface area contributed by atoms with Crippen molar-refractivity contribution in [2.75, 3.05) is 13.1 Å². The maximum absolute atomic E-state index is 13.4. The summed E-state index contributed by atoms with van der Waals surface area (Å²) in [5.74, 6) is -1.24. The third-order valence-electron chi connectivity index (χ3n) is 5.57. The molecule has 1 saturated carbocycles. The summed E-state index contributed by atoms with van der Waals surface area (Å²) >= 11 is 0. The van der Waals surface area contributed by atoms with E-state index in [0.29, 0.717) is 18.2 Å². The van der Waals surface area contributed by atoms with Crippen LogP contribution in [0.2, 0.25) is 0 Å². The van der Waals surface area contributed by atoms with Gasteiger partial charge < -0.3 is 14.7 Å². The van der Waals surface area contributed by atoms with Crippen LogP contribution in [0.1, 0.15) is 49.0 Å². The number of carbonyl (C=O) groups excluding carboxylic acids is 1. The number of carboxylic acid groups (broad SMARTS) is 1. The van der Waals surface area contributed by atoms with Gasteiger partial charge in [-0.3, -0.25) is 9.48 Å². The van der Waals surface area contributed by atoms with E-state index in [-0.39, 0.29) is 18.6 Å². The Morgan fingerprint density at radius 1 is 1.14 bits per heavy atom. The summed E-state index contributed by atoms with van der Waals surface area (Å²) in [6.07, 6.45) is 4.77. The SMILES string of the molecule is C[C@@H]1CN(C(=O)c2cnn(C3CCCC3)c2-c2ccccc2)CC(C(=O)O)O1. The highest BCUT2D eigenvalue weighted by Gasteiger charge is 2.35. The lowest BCUT2D eigenvalue weighted by Gasteiger charge is -2.35. The predicted octanol–water partition coefficient (Wildman–Crippen LogP) is 2.98. The van der Waals surface area contributed by atoms with Crippen LogP contribution in [-0.2, 0) is 9.53 Å². The number of carboxylic acids is 1. The highest BCUT2D eigenvalue weighted by atomic mass is 16.5. The second-order valence-electron chi connectivity index (χ2n) is 7.64. The van der Waals surface area contributed by atoms with Crippen LogP contribution in [0.5, 0.6) is 0 Å². The average molecular weight is 383 g/mol. The lowest BCUT2D eigenvalue weighted by atomic mass is 10.1. The number of rotatable bonds is 4. The Kier molecular flexibility index (Phi) is 5.17. The van der Waals surface area contributed by atoms with Crippen molar-refractivity contribution in [3.8, 4) is 11.3 Å². The van der Waals surface area contributed by atoms with Gasteiger partial charge in [0.25, 0.3) is 5.91 Å². The number of nitrogens with zero attached hydrogens (tertiary/aromatic N) is 3. The van der Waals surface area contributed by atoms with Gasteiger partial charge in [-0.25, -0.2) is 4.79 Å². The van der Waals surface area contributed by atoms with Crippen molar-refractivity contribution >= 4 is 11.9 Å². The highest BCUT2D eigenvalue weighted by Crippen LogP contribution is 2.35. The molecule has 2 aromatic rings. The first-order valence-electron chi connectivity index (χ1n) is 9.85. The molecule has 7 heteroatoms. The Morgan fingerprint density at radius 2 is 1.86 bits per heavy atom. The molecule has 0 bridgehead atoms. The van der Waals surface area contributed by atoms with Gasteiger partial charge in [0.2, 0.25) is 0 Å². The average Bonchev–Trinajstić information content (AvgIpc) is 3.37. The van der Waals surface area contributed by atoms with Gasteiger partial charge in [0.15, 0.2) is 6.10 Å². The predicted molar refractivity (Wildman–Crippen MR) is 103 cm³/mol. The third-order valence-corrected chi connectivity index (χ3v) is 5.57. The molecule has 2 fully saturated rings. The van der Waals surface area contributed by atoms with E-state index < -0.39 is 12.1 Å². The molecule has 1 aromatic heterocycles. The summed E-state index contributed by atoms with van der Waals surface area (Å²) in [5.41, 5.74) is 2.30. The molecule has 1 aromatic carbocycles. The first-order chi connectivity index (χ1) is 13.5. The first-order valence-corrected chi connectivity index (χ1v) is 9.85. The zero-order valence-corrected chi connectivity index (χ0v) is 16.0. The summed E-state index contributed by atoms with van der Waals surface area (Å²) in [5, 5.41) is 13.9. The molecule has 2 atom stereocenters. The fraction of sp³-hybridized carbons (Fsp3) is 0.476. The van der Waals surface area contributed by atoms with Crippen LogP contribution in [-0.4, -0.2) is 57.0 Å². The normalized spacial score (nSPS) is 23.1. The van der Waals surface area contributed by atoms with Gasteiger partial charge in [0.1, 0.15) is 0 Å². The van der Waals surface area contributed by atoms with Gasteiger partial charge in [0.05, 0.1) is 36.1 Å². The number of ether oxygens (including phenoxy) is 1. The molecular formula is C21H25N3O4. The Labute approximate surface area is 163 Å². The van der Waals surface area contributed by atoms with Crippen LogP contribution in [0.3, 0.4) is 0 Å². The van der Waals surface area contributed by atoms with Crippen molar-refractivity contribution in [1.82, 2.24) is 14.7 Å². The lowest BCUT2D eigenvalue weighted by Crippen LogP contribution is -2.51. The van der Waals surface area contributed by atoms with E-state index in [1.165, 1.54) is 12.8 Å². The molecule has 28 heavy (non-hydrogen) atoms. The fourth-order valence-electron chi connectivity index (χ4n) is 4.25. The summed E-state index contributed by atoms with van der Waals surface area (Å²) < 4.78 is 7.45. The maximum atomic E-state index is 13.4. The Hall–Kier alpha value is -2.67. The zero-order valence-electron chi connectivity index (χ0n) is 16.0. The number of hydrogen-bond donors (Lipinski definition) is 1. The van der Waals surface area contributed by atoms with E-state index in [9.17, 15) is 14.7 Å². The van der Waals surface area contributed by atoms with Crippen molar-refractivity contribution < 1.29 is 19.4 Å². The lowest BCUT2D eigenvalue weighted by molar-refractivity contribution is -0.160. The van der Waals surface area contributed by atoms with Crippen molar-refractivity contribution in [3.05, 3.63) is 42.1 Å². The van der Waals surface area contributed by atoms with Crippen molar-refractivity contribution in [3.63, 3.8) is 0 Å². The van der Waals surface area contributed by atoms with Crippen molar-refractivity contribution in [2.45, 2.75) is 50.9 Å². The molecule has 0 radical (unpaired) electrons. The van der Waals surface area contributed by atoms with E-state index in [4.69, 9.17) is 4.74 Å². The van der Waals surface area contributed by atoms with Gasteiger partial charge in [-0.2, -0.15) is 5.10 Å². The van der Waals surface area contributed by atoms with Crippen LogP contribution in [0, 0.1) is 0 Å². The minimum atomic E-state index is -1.05. The summed E-state index contributed by atoms with van der Waals surface area (Å²) in [7, 11) is 0. The molecule has 2 aliphatic rings. The number of hydrogen-bond acceptors (Lipinski definition) is 4. The Bertz CT molecular complexity index is 858. The second kappa shape index (κ2) is 7.75. The van der Waals surface area contributed by atoms with Gasteiger partial charge >= 0.3 is 5.97 Å². The molecule has 7 nitrogen and oxygen atoms in total. The molecule has 148 valence electrons. The summed E-state index contributed by atoms with van der Waals surface area (Å²) in [4.78, 5) is 26.3. The van der Waals surface area contributed by atoms with E-state index >= 15 is 0 Å². The molecule has 0 spiro atoms. The zero-order chi connectivity index (χ0) is 19.7. The topological polar surface area (TPSA) is 84.7 Å². The number of aliphatic carboxylic acids is 1. The molecule has 1 amide bonds. The van der Waals surface area contributed by atoms with Crippen LogP contribution >= 0.6 is 0 Å². The van der Waals surface area contributed by atoms with Crippen LogP contribution in [0.25, 0.3) is 11.3 Å². The van der Waals surface area contributed by atoms with E-state index in [2.05, 4.69) is 5.10 Å². The largest absolute Gasteiger partial charge is 0.479 e. The minimum absolute atomic E-state index is 0.0430. The fourth-order valence-corrected chi connectivity index (χ4v) is 4.25. The molecule has 1 unspecified atom stereocenters. The van der Waals surface area contributed by atoms with Crippen LogP contribution < -0.4 is 0 Å². The van der Waals surface area contributed by atoms with E-state index in [1.54, 1.807) is 18.0 Å². The second-order valence-corrected chi connectivity index (χ2v) is 7.64. The summed E-state index contributed by atoms with van der Waals surface area (Å²) in [6.45, 7) is 2.20. The van der Waals surface area contributed by atoms with Gasteiger partial charge in [-0.05, 0) is 19.8 Å². The first kappa shape index (κ1) is 18.7. The van der Waals surface area contributed by atoms with E-state index in [0.717, 1.165) is 24.1 Å². The standard InChI is InChI=1S/C21H25N3O4/c1-14-12-23(13-18(28-14)21(26)27)20(25)17-11-22-24(16-9-5-6-10-16)19(17)15-7-3-2-4-8-15/h2-4,7-8,11,14,16,18H,5-6,9-10,12-13H2,1H3,(H,26,27)/t14-,18?/m1/s1. The monoisotopic (exact) mass is 383 g/mol. The van der Waals surface area contributed by atoms with Crippen LogP contribution in [0.4, 0.5) is 0 Å². The molecule has 2 heterocycles. The van der Waals surface area contributed by atoms with Crippen LogP contribution in [0.15, 0.2) is 36.5 Å². The number of benzene rings is 1. The molecule has 1 aliphatic heterocycles. The van der Waals surface area contributed by atoms with E-state index in [1.807, 2.05) is 35.0 Å². The Morgan fingerprint density at radius 3 is 2.54 bits per heavy atom. The van der Waals surface area contributed by atoms with Gasteiger partial charge in [-0.15, -0.1) is 0 Å². The van der Waals surface area contributed by atoms with Crippen molar-refractivity contribution in [2.24, 2.45) is 0 Å². The Balaban J connectivity index is 1.71. The molecule has 4 rings (SSSR count). The number of morpholine rings is 1. The van der Waals surface area contributed by atoms with Gasteiger partial charge in [0, 0.05) is 12.1 Å².